The lowest BCUT2D eigenvalue weighted by molar-refractivity contribution is 0.271. The molecule has 4 nitrogen and oxygen atoms in total. The van der Waals surface area contributed by atoms with E-state index in [0.717, 1.165) is 18.2 Å². The molecule has 1 aliphatic rings. The SMILES string of the molecule is OCc1nc(CC2CC2)n[nH]1. The lowest BCUT2D eigenvalue weighted by Crippen LogP contribution is -1.90. The average Bonchev–Trinajstić information content (AvgIpc) is 2.68. The van der Waals surface area contributed by atoms with E-state index < -0.39 is 0 Å². The molecule has 1 aromatic heterocycles. The van der Waals surface area contributed by atoms with Gasteiger partial charge in [-0.05, 0) is 18.8 Å². The molecular weight excluding hydrogens is 142 g/mol. The molecule has 1 fully saturated rings. The zero-order chi connectivity index (χ0) is 7.68. The van der Waals surface area contributed by atoms with E-state index in [1.54, 1.807) is 0 Å². The van der Waals surface area contributed by atoms with Crippen LogP contribution < -0.4 is 0 Å². The summed E-state index contributed by atoms with van der Waals surface area (Å²) >= 11 is 0. The first-order valence-electron chi connectivity index (χ1n) is 3.89. The van der Waals surface area contributed by atoms with Crippen molar-refractivity contribution in [3.05, 3.63) is 11.6 Å². The van der Waals surface area contributed by atoms with Gasteiger partial charge in [0.1, 0.15) is 12.4 Å². The van der Waals surface area contributed by atoms with Crippen molar-refractivity contribution in [2.75, 3.05) is 0 Å². The highest BCUT2D eigenvalue weighted by molar-refractivity contribution is 4.93. The van der Waals surface area contributed by atoms with Crippen LogP contribution in [-0.4, -0.2) is 20.3 Å². The molecule has 1 saturated carbocycles. The third-order valence-electron chi connectivity index (χ3n) is 1.90. The van der Waals surface area contributed by atoms with Gasteiger partial charge in [0.2, 0.25) is 0 Å². The molecule has 2 N–H and O–H groups in total. The number of aliphatic hydroxyl groups excluding tert-OH is 1. The van der Waals surface area contributed by atoms with Crippen molar-refractivity contribution in [1.29, 1.82) is 0 Å². The Bertz CT molecular complexity index is 242. The molecule has 0 unspecified atom stereocenters. The summed E-state index contributed by atoms with van der Waals surface area (Å²) < 4.78 is 0. The van der Waals surface area contributed by atoms with E-state index in [4.69, 9.17) is 5.11 Å². The largest absolute Gasteiger partial charge is 0.388 e. The van der Waals surface area contributed by atoms with Crippen LogP contribution in [0.5, 0.6) is 0 Å². The van der Waals surface area contributed by atoms with Crippen LogP contribution in [0.2, 0.25) is 0 Å². The van der Waals surface area contributed by atoms with Crippen molar-refractivity contribution >= 4 is 0 Å². The lowest BCUT2D eigenvalue weighted by atomic mass is 10.3. The lowest BCUT2D eigenvalue weighted by Gasteiger charge is -1.86. The van der Waals surface area contributed by atoms with Crippen LogP contribution in [0.3, 0.4) is 0 Å². The number of rotatable bonds is 3. The highest BCUT2D eigenvalue weighted by Gasteiger charge is 2.23. The second-order valence-electron chi connectivity index (χ2n) is 3.00. The number of nitrogens with zero attached hydrogens (tertiary/aromatic N) is 2. The van der Waals surface area contributed by atoms with Crippen LogP contribution in [0.1, 0.15) is 24.5 Å². The molecule has 11 heavy (non-hydrogen) atoms. The monoisotopic (exact) mass is 153 g/mol. The minimum absolute atomic E-state index is 0.0440. The second-order valence-corrected chi connectivity index (χ2v) is 3.00. The quantitative estimate of drug-likeness (QED) is 0.654. The van der Waals surface area contributed by atoms with Gasteiger partial charge < -0.3 is 5.11 Å². The fraction of sp³-hybridized carbons (Fsp3) is 0.714. The molecule has 0 aromatic carbocycles. The first-order chi connectivity index (χ1) is 5.38. The summed E-state index contributed by atoms with van der Waals surface area (Å²) in [4.78, 5) is 4.09. The van der Waals surface area contributed by atoms with Gasteiger partial charge in [0.15, 0.2) is 5.82 Å². The van der Waals surface area contributed by atoms with Crippen molar-refractivity contribution in [3.8, 4) is 0 Å². The first kappa shape index (κ1) is 6.79. The molecule has 1 heterocycles. The third kappa shape index (κ3) is 1.57. The first-order valence-corrected chi connectivity index (χ1v) is 3.89. The number of aliphatic hydroxyl groups is 1. The minimum Gasteiger partial charge on any atom is -0.388 e. The van der Waals surface area contributed by atoms with E-state index in [2.05, 4.69) is 15.2 Å². The maximum Gasteiger partial charge on any atom is 0.151 e. The summed E-state index contributed by atoms with van der Waals surface area (Å²) in [5.74, 6) is 2.22. The van der Waals surface area contributed by atoms with Gasteiger partial charge in [-0.1, -0.05) is 0 Å². The molecule has 0 radical (unpaired) electrons. The molecule has 0 aliphatic heterocycles. The van der Waals surface area contributed by atoms with E-state index in [1.807, 2.05) is 0 Å². The predicted molar refractivity (Wildman–Crippen MR) is 38.7 cm³/mol. The second kappa shape index (κ2) is 2.62. The summed E-state index contributed by atoms with van der Waals surface area (Å²) in [5.41, 5.74) is 0. The van der Waals surface area contributed by atoms with E-state index >= 15 is 0 Å². The Morgan fingerprint density at radius 1 is 1.55 bits per heavy atom. The van der Waals surface area contributed by atoms with Gasteiger partial charge in [-0.3, -0.25) is 5.10 Å². The standard InChI is InChI=1S/C7H11N3O/c11-4-7-8-6(9-10-7)3-5-1-2-5/h5,11H,1-4H2,(H,8,9,10). The summed E-state index contributed by atoms with van der Waals surface area (Å²) in [5, 5.41) is 15.3. The van der Waals surface area contributed by atoms with E-state index in [1.165, 1.54) is 12.8 Å². The fourth-order valence-electron chi connectivity index (χ4n) is 1.08. The number of nitrogens with one attached hydrogen (secondary N) is 1. The number of aromatic nitrogens is 3. The van der Waals surface area contributed by atoms with Gasteiger partial charge in [-0.15, -0.1) is 0 Å². The molecule has 4 heteroatoms. The zero-order valence-corrected chi connectivity index (χ0v) is 6.25. The van der Waals surface area contributed by atoms with Crippen LogP contribution in [0.15, 0.2) is 0 Å². The van der Waals surface area contributed by atoms with Crippen LogP contribution in [0.25, 0.3) is 0 Å². The van der Waals surface area contributed by atoms with Crippen molar-refractivity contribution in [3.63, 3.8) is 0 Å². The molecule has 1 aliphatic carbocycles. The molecule has 2 rings (SSSR count). The Labute approximate surface area is 64.7 Å². The molecule has 0 bridgehead atoms. The highest BCUT2D eigenvalue weighted by Crippen LogP contribution is 2.31. The third-order valence-corrected chi connectivity index (χ3v) is 1.90. The Hall–Kier alpha value is -0.900. The zero-order valence-electron chi connectivity index (χ0n) is 6.25. The molecule has 0 spiro atoms. The van der Waals surface area contributed by atoms with E-state index in [0.29, 0.717) is 5.82 Å². The normalized spacial score (nSPS) is 17.2. The minimum atomic E-state index is -0.0440. The predicted octanol–water partition coefficient (Wildman–Crippen LogP) is 0.250. The fourth-order valence-corrected chi connectivity index (χ4v) is 1.08. The van der Waals surface area contributed by atoms with E-state index in [9.17, 15) is 0 Å². The van der Waals surface area contributed by atoms with Gasteiger partial charge in [0, 0.05) is 6.42 Å². The average molecular weight is 153 g/mol. The molecule has 0 atom stereocenters. The number of aromatic amines is 1. The van der Waals surface area contributed by atoms with Crippen LogP contribution in [0, 0.1) is 5.92 Å². The van der Waals surface area contributed by atoms with E-state index in [-0.39, 0.29) is 6.61 Å². The highest BCUT2D eigenvalue weighted by atomic mass is 16.3. The summed E-state index contributed by atoms with van der Waals surface area (Å²) in [6.07, 6.45) is 3.59. The summed E-state index contributed by atoms with van der Waals surface area (Å²) in [6, 6.07) is 0. The van der Waals surface area contributed by atoms with Gasteiger partial charge in [-0.25, -0.2) is 4.98 Å². The maximum atomic E-state index is 8.67. The van der Waals surface area contributed by atoms with Gasteiger partial charge in [-0.2, -0.15) is 5.10 Å². The number of hydrogen-bond acceptors (Lipinski definition) is 3. The van der Waals surface area contributed by atoms with Crippen molar-refractivity contribution in [2.24, 2.45) is 5.92 Å². The van der Waals surface area contributed by atoms with Crippen molar-refractivity contribution < 1.29 is 5.11 Å². The number of H-pyrrole nitrogens is 1. The molecule has 0 saturated heterocycles. The van der Waals surface area contributed by atoms with Crippen molar-refractivity contribution in [1.82, 2.24) is 15.2 Å². The molecule has 1 aromatic rings. The van der Waals surface area contributed by atoms with Gasteiger partial charge in [0.05, 0.1) is 0 Å². The Morgan fingerprint density at radius 2 is 2.36 bits per heavy atom. The topological polar surface area (TPSA) is 61.8 Å². The Morgan fingerprint density at radius 3 is 2.91 bits per heavy atom. The number of hydrogen-bond donors (Lipinski definition) is 2. The Kier molecular flexibility index (Phi) is 1.62. The smallest absolute Gasteiger partial charge is 0.151 e. The summed E-state index contributed by atoms with van der Waals surface area (Å²) in [7, 11) is 0. The van der Waals surface area contributed by atoms with Crippen LogP contribution in [0.4, 0.5) is 0 Å². The van der Waals surface area contributed by atoms with Crippen LogP contribution >= 0.6 is 0 Å². The summed E-state index contributed by atoms with van der Waals surface area (Å²) in [6.45, 7) is -0.0440. The maximum absolute atomic E-state index is 8.67. The molecular formula is C7H11N3O. The van der Waals surface area contributed by atoms with Gasteiger partial charge in [0.25, 0.3) is 0 Å². The molecule has 0 amide bonds. The van der Waals surface area contributed by atoms with Crippen LogP contribution in [-0.2, 0) is 13.0 Å². The molecule has 60 valence electrons. The Balaban J connectivity index is 1.99. The van der Waals surface area contributed by atoms with Gasteiger partial charge >= 0.3 is 0 Å². The van der Waals surface area contributed by atoms with Crippen molar-refractivity contribution in [2.45, 2.75) is 25.9 Å².